The summed E-state index contributed by atoms with van der Waals surface area (Å²) in [5.41, 5.74) is 6.53. The number of hydrogen-bond donors (Lipinski definition) is 1. The Labute approximate surface area is 175 Å². The van der Waals surface area contributed by atoms with Crippen LogP contribution in [0.2, 0.25) is 0 Å². The molecule has 0 saturated carbocycles. The number of fused-ring (bicyclic) bond motifs is 1. The van der Waals surface area contributed by atoms with Crippen molar-refractivity contribution in [2.75, 3.05) is 19.4 Å². The molecule has 1 aromatic carbocycles. The van der Waals surface area contributed by atoms with Crippen LogP contribution >= 0.6 is 0 Å². The lowest BCUT2D eigenvalue weighted by Crippen LogP contribution is -2.25. The van der Waals surface area contributed by atoms with Crippen LogP contribution in [0, 0.1) is 20.8 Å². The van der Waals surface area contributed by atoms with E-state index in [0.29, 0.717) is 11.3 Å². The van der Waals surface area contributed by atoms with E-state index in [1.165, 1.54) is 5.56 Å². The monoisotopic (exact) mass is 403 g/mol. The van der Waals surface area contributed by atoms with Crippen molar-refractivity contribution in [3.05, 3.63) is 59.8 Å². The minimum absolute atomic E-state index is 0.00619. The number of rotatable bonds is 5. The van der Waals surface area contributed by atoms with Crippen LogP contribution in [0.15, 0.2) is 42.9 Å². The van der Waals surface area contributed by atoms with Crippen LogP contribution in [-0.4, -0.2) is 49.2 Å². The van der Waals surface area contributed by atoms with Gasteiger partial charge in [0.05, 0.1) is 34.6 Å². The van der Waals surface area contributed by atoms with Crippen molar-refractivity contribution in [2.45, 2.75) is 27.3 Å². The topological polar surface area (TPSA) is 80.9 Å². The fourth-order valence-corrected chi connectivity index (χ4v) is 3.38. The maximum atomic E-state index is 12.1. The lowest BCUT2D eigenvalue weighted by atomic mass is 10.2. The highest BCUT2D eigenvalue weighted by Crippen LogP contribution is 2.29. The molecule has 8 heteroatoms. The van der Waals surface area contributed by atoms with Gasteiger partial charge in [-0.25, -0.2) is 14.6 Å². The Morgan fingerprint density at radius 2 is 1.80 bits per heavy atom. The van der Waals surface area contributed by atoms with Crippen molar-refractivity contribution in [3.63, 3.8) is 0 Å². The molecule has 1 amide bonds. The predicted molar refractivity (Wildman–Crippen MR) is 117 cm³/mol. The van der Waals surface area contributed by atoms with E-state index >= 15 is 0 Å². The van der Waals surface area contributed by atoms with Crippen LogP contribution < -0.4 is 5.32 Å². The number of benzene rings is 1. The van der Waals surface area contributed by atoms with Gasteiger partial charge in [0.25, 0.3) is 0 Å². The van der Waals surface area contributed by atoms with E-state index in [2.05, 4.69) is 46.5 Å². The average molecular weight is 403 g/mol. The van der Waals surface area contributed by atoms with E-state index < -0.39 is 0 Å². The largest absolute Gasteiger partial charge is 0.347 e. The summed E-state index contributed by atoms with van der Waals surface area (Å²) in [6.45, 7) is 6.29. The third-order valence-corrected chi connectivity index (χ3v) is 5.16. The Morgan fingerprint density at radius 1 is 1.07 bits per heavy atom. The molecule has 0 bridgehead atoms. The first-order chi connectivity index (χ1) is 14.3. The Balaban J connectivity index is 1.69. The van der Waals surface area contributed by atoms with Crippen LogP contribution in [0.25, 0.3) is 16.7 Å². The number of anilines is 2. The molecule has 4 aromatic rings. The van der Waals surface area contributed by atoms with Gasteiger partial charge in [0.15, 0.2) is 5.82 Å². The van der Waals surface area contributed by atoms with Crippen molar-refractivity contribution < 1.29 is 4.79 Å². The van der Waals surface area contributed by atoms with E-state index in [0.717, 1.165) is 28.3 Å². The van der Waals surface area contributed by atoms with Crippen molar-refractivity contribution in [3.8, 4) is 5.69 Å². The molecule has 30 heavy (non-hydrogen) atoms. The molecule has 154 valence electrons. The number of pyridine rings is 1. The normalized spacial score (nSPS) is 11.1. The number of aryl methyl sites for hydroxylation is 2. The third-order valence-electron chi connectivity index (χ3n) is 5.16. The predicted octanol–water partition coefficient (Wildman–Crippen LogP) is 3.37. The minimum atomic E-state index is 0.00619. The maximum absolute atomic E-state index is 12.1. The summed E-state index contributed by atoms with van der Waals surface area (Å²) >= 11 is 0. The zero-order chi connectivity index (χ0) is 21.4. The first kappa shape index (κ1) is 19.6. The van der Waals surface area contributed by atoms with Crippen LogP contribution in [0.1, 0.15) is 17.0 Å². The Bertz CT molecular complexity index is 1220. The fraction of sp³-hybridized carbons (Fsp3) is 0.273. The molecule has 0 radical (unpaired) electrons. The van der Waals surface area contributed by atoms with Crippen LogP contribution in [-0.2, 0) is 11.3 Å². The van der Waals surface area contributed by atoms with Crippen molar-refractivity contribution >= 4 is 28.4 Å². The SMILES string of the molecule is Cc1ccc(-n2nc(C)c(Nc3nccc4c3ncn4CC(=O)N(C)C)c2C)cc1. The fourth-order valence-electron chi connectivity index (χ4n) is 3.38. The van der Waals surface area contributed by atoms with E-state index in [9.17, 15) is 4.79 Å². The molecule has 0 aliphatic rings. The van der Waals surface area contributed by atoms with E-state index in [4.69, 9.17) is 5.10 Å². The number of nitrogens with zero attached hydrogens (tertiary/aromatic N) is 6. The number of imidazole rings is 1. The second kappa shape index (κ2) is 7.62. The summed E-state index contributed by atoms with van der Waals surface area (Å²) in [7, 11) is 3.49. The number of carbonyl (C=O) groups is 1. The van der Waals surface area contributed by atoms with Gasteiger partial charge in [-0.15, -0.1) is 0 Å². The standard InChI is InChI=1S/C22H25N7O/c1-14-6-8-17(9-7-14)29-16(3)20(15(2)26-29)25-22-21-18(10-11-23-22)28(13-24-21)12-19(30)27(4)5/h6-11,13H,12H2,1-5H3,(H,23,25). The van der Waals surface area contributed by atoms with Gasteiger partial charge >= 0.3 is 0 Å². The molecular weight excluding hydrogens is 378 g/mol. The minimum Gasteiger partial charge on any atom is -0.347 e. The lowest BCUT2D eigenvalue weighted by Gasteiger charge is -2.11. The molecule has 8 nitrogen and oxygen atoms in total. The van der Waals surface area contributed by atoms with Gasteiger partial charge < -0.3 is 14.8 Å². The first-order valence-electron chi connectivity index (χ1n) is 9.75. The highest BCUT2D eigenvalue weighted by molar-refractivity contribution is 5.89. The van der Waals surface area contributed by atoms with Gasteiger partial charge in [-0.05, 0) is 39.0 Å². The second-order valence-electron chi connectivity index (χ2n) is 7.61. The summed E-state index contributed by atoms with van der Waals surface area (Å²) in [4.78, 5) is 22.7. The van der Waals surface area contributed by atoms with Crippen LogP contribution in [0.5, 0.6) is 0 Å². The molecule has 0 spiro atoms. The summed E-state index contributed by atoms with van der Waals surface area (Å²) in [6, 6.07) is 10.1. The molecule has 3 heterocycles. The smallest absolute Gasteiger partial charge is 0.242 e. The van der Waals surface area contributed by atoms with E-state index in [-0.39, 0.29) is 12.5 Å². The summed E-state index contributed by atoms with van der Waals surface area (Å²) < 4.78 is 3.76. The van der Waals surface area contributed by atoms with Crippen LogP contribution in [0.3, 0.4) is 0 Å². The Kier molecular flexibility index (Phi) is 4.99. The summed E-state index contributed by atoms with van der Waals surface area (Å²) in [5.74, 6) is 0.643. The molecule has 3 aromatic heterocycles. The lowest BCUT2D eigenvalue weighted by molar-refractivity contribution is -0.129. The molecule has 4 rings (SSSR count). The Morgan fingerprint density at radius 3 is 2.50 bits per heavy atom. The molecule has 0 unspecified atom stereocenters. The average Bonchev–Trinajstić information content (AvgIpc) is 3.25. The van der Waals surface area contributed by atoms with Gasteiger partial charge in [-0.1, -0.05) is 17.7 Å². The van der Waals surface area contributed by atoms with Crippen LogP contribution in [0.4, 0.5) is 11.5 Å². The number of nitrogens with one attached hydrogen (secondary N) is 1. The number of amides is 1. The van der Waals surface area contributed by atoms with Gasteiger partial charge in [0.1, 0.15) is 12.1 Å². The number of likely N-dealkylation sites (N-methyl/N-ethyl adjacent to an activating group) is 1. The summed E-state index contributed by atoms with van der Waals surface area (Å²) in [6.07, 6.45) is 3.40. The Hall–Kier alpha value is -3.68. The summed E-state index contributed by atoms with van der Waals surface area (Å²) in [5, 5.41) is 8.11. The molecule has 0 saturated heterocycles. The van der Waals surface area contributed by atoms with Gasteiger partial charge in [0.2, 0.25) is 5.91 Å². The maximum Gasteiger partial charge on any atom is 0.242 e. The highest BCUT2D eigenvalue weighted by atomic mass is 16.2. The second-order valence-corrected chi connectivity index (χ2v) is 7.61. The van der Waals surface area contributed by atoms with Gasteiger partial charge in [-0.3, -0.25) is 4.79 Å². The van der Waals surface area contributed by atoms with Gasteiger partial charge in [-0.2, -0.15) is 5.10 Å². The van der Waals surface area contributed by atoms with E-state index in [1.54, 1.807) is 31.5 Å². The van der Waals surface area contributed by atoms with Gasteiger partial charge in [0, 0.05) is 20.3 Å². The number of aromatic nitrogens is 5. The third kappa shape index (κ3) is 3.52. The van der Waals surface area contributed by atoms with Crippen molar-refractivity contribution in [1.82, 2.24) is 29.2 Å². The van der Waals surface area contributed by atoms with E-state index in [1.807, 2.05) is 29.2 Å². The highest BCUT2D eigenvalue weighted by Gasteiger charge is 2.17. The molecule has 0 atom stereocenters. The molecule has 0 aliphatic heterocycles. The van der Waals surface area contributed by atoms with Crippen molar-refractivity contribution in [1.29, 1.82) is 0 Å². The first-order valence-corrected chi connectivity index (χ1v) is 9.75. The number of hydrogen-bond acceptors (Lipinski definition) is 5. The molecule has 0 aliphatic carbocycles. The molecule has 1 N–H and O–H groups in total. The number of carbonyl (C=O) groups excluding carboxylic acids is 1. The quantitative estimate of drug-likeness (QED) is 0.553. The zero-order valence-electron chi connectivity index (χ0n) is 17.8. The zero-order valence-corrected chi connectivity index (χ0v) is 17.8. The van der Waals surface area contributed by atoms with Crippen molar-refractivity contribution in [2.24, 2.45) is 0 Å². The molecular formula is C22H25N7O. The molecule has 0 fully saturated rings.